The van der Waals surface area contributed by atoms with Crippen LogP contribution in [0.5, 0.6) is 0 Å². The van der Waals surface area contributed by atoms with Gasteiger partial charge in [0.2, 0.25) is 5.70 Å². The van der Waals surface area contributed by atoms with Gasteiger partial charge in [0.15, 0.2) is 5.94 Å². The predicted octanol–water partition coefficient (Wildman–Crippen LogP) is 0.0305. The molecule has 1 saturated heterocycles. The second-order valence-corrected chi connectivity index (χ2v) is 4.31. The van der Waals surface area contributed by atoms with E-state index in [4.69, 9.17) is 4.84 Å². The van der Waals surface area contributed by atoms with Gasteiger partial charge in [0.05, 0.1) is 6.61 Å². The van der Waals surface area contributed by atoms with E-state index in [-0.39, 0.29) is 19.4 Å². The number of hydroxylamine groups is 3. The number of imide groups is 1. The molecule has 1 fully saturated rings. The summed E-state index contributed by atoms with van der Waals surface area (Å²) in [6, 6.07) is 8.99. The minimum atomic E-state index is -1.23. The lowest BCUT2D eigenvalue weighted by Crippen LogP contribution is -2.35. The summed E-state index contributed by atoms with van der Waals surface area (Å²) in [7, 11) is 0. The maximum atomic E-state index is 11.7. The molecule has 1 heterocycles. The van der Waals surface area contributed by atoms with E-state index in [2.05, 4.69) is 10.3 Å². The summed E-state index contributed by atoms with van der Waals surface area (Å²) in [5.74, 6) is -1.22. The molecule has 0 bridgehead atoms. The highest BCUT2D eigenvalue weighted by Gasteiger charge is 2.34. The number of hydrogen-bond acceptors (Lipinski definition) is 7. The fraction of sp³-hybridized carbons (Fsp3) is 0.214. The van der Waals surface area contributed by atoms with E-state index < -0.39 is 23.5 Å². The Morgan fingerprint density at radius 1 is 1.18 bits per heavy atom. The van der Waals surface area contributed by atoms with Crippen molar-refractivity contribution in [2.75, 3.05) is 0 Å². The molecule has 8 nitrogen and oxygen atoms in total. The summed E-state index contributed by atoms with van der Waals surface area (Å²) in [4.78, 5) is 54.5. The summed E-state index contributed by atoms with van der Waals surface area (Å²) in [5, 5.41) is 0.332. The zero-order chi connectivity index (χ0) is 15.9. The van der Waals surface area contributed by atoms with Gasteiger partial charge in [-0.15, -0.1) is 5.06 Å². The Balaban J connectivity index is 1.86. The highest BCUT2D eigenvalue weighted by atomic mass is 16.7. The van der Waals surface area contributed by atoms with Gasteiger partial charge in [-0.3, -0.25) is 14.4 Å². The third-order valence-electron chi connectivity index (χ3n) is 2.74. The molecule has 0 unspecified atom stereocenters. The maximum Gasteiger partial charge on any atom is 0.393 e. The SMILES string of the molecule is O=C=C(NOCc1ccccc1)C(=O)ON1C(=O)CCC1=O. The molecular weight excluding hydrogens is 292 g/mol. The predicted molar refractivity (Wildman–Crippen MR) is 70.8 cm³/mol. The van der Waals surface area contributed by atoms with Crippen molar-refractivity contribution in [2.45, 2.75) is 19.4 Å². The fourth-order valence-electron chi connectivity index (χ4n) is 1.66. The van der Waals surface area contributed by atoms with Crippen molar-refractivity contribution in [1.29, 1.82) is 0 Å². The van der Waals surface area contributed by atoms with Crippen LogP contribution in [0.4, 0.5) is 0 Å². The van der Waals surface area contributed by atoms with Crippen LogP contribution < -0.4 is 5.48 Å². The molecule has 0 aromatic heterocycles. The van der Waals surface area contributed by atoms with Gasteiger partial charge in [-0.25, -0.2) is 15.1 Å². The Morgan fingerprint density at radius 2 is 1.82 bits per heavy atom. The topological polar surface area (TPSA) is 102 Å². The molecule has 1 aromatic carbocycles. The fourth-order valence-corrected chi connectivity index (χ4v) is 1.66. The summed E-state index contributed by atoms with van der Waals surface area (Å²) < 4.78 is 0. The number of nitrogens with one attached hydrogen (secondary N) is 1. The van der Waals surface area contributed by atoms with Gasteiger partial charge in [0, 0.05) is 12.8 Å². The number of carbonyl (C=O) groups excluding carboxylic acids is 4. The van der Waals surface area contributed by atoms with E-state index in [0.717, 1.165) is 5.56 Å². The van der Waals surface area contributed by atoms with Crippen molar-refractivity contribution in [2.24, 2.45) is 0 Å². The van der Waals surface area contributed by atoms with E-state index in [0.29, 0.717) is 5.06 Å². The van der Waals surface area contributed by atoms with Gasteiger partial charge < -0.3 is 4.84 Å². The van der Waals surface area contributed by atoms with E-state index in [9.17, 15) is 19.2 Å². The van der Waals surface area contributed by atoms with Crippen LogP contribution in [0.1, 0.15) is 18.4 Å². The van der Waals surface area contributed by atoms with Crippen molar-refractivity contribution in [1.82, 2.24) is 10.5 Å². The van der Waals surface area contributed by atoms with Crippen molar-refractivity contribution in [3.05, 3.63) is 41.6 Å². The first-order chi connectivity index (χ1) is 10.6. The second-order valence-electron chi connectivity index (χ2n) is 4.31. The lowest BCUT2D eigenvalue weighted by molar-refractivity contribution is -0.195. The Kier molecular flexibility index (Phi) is 5.02. The maximum absolute atomic E-state index is 11.7. The average molecular weight is 304 g/mol. The first-order valence-corrected chi connectivity index (χ1v) is 6.36. The molecule has 22 heavy (non-hydrogen) atoms. The molecule has 0 spiro atoms. The Hall–Kier alpha value is -2.96. The zero-order valence-electron chi connectivity index (χ0n) is 11.4. The first-order valence-electron chi connectivity index (χ1n) is 6.36. The first kappa shape index (κ1) is 15.4. The third kappa shape index (κ3) is 3.78. The van der Waals surface area contributed by atoms with E-state index in [1.807, 2.05) is 6.07 Å². The van der Waals surface area contributed by atoms with Gasteiger partial charge in [0.1, 0.15) is 0 Å². The third-order valence-corrected chi connectivity index (χ3v) is 2.74. The lowest BCUT2D eigenvalue weighted by atomic mass is 10.2. The lowest BCUT2D eigenvalue weighted by Gasteiger charge is -2.13. The molecule has 0 aliphatic carbocycles. The Morgan fingerprint density at radius 3 is 2.41 bits per heavy atom. The molecule has 0 atom stereocenters. The summed E-state index contributed by atoms with van der Waals surface area (Å²) in [6.45, 7) is 0.0842. The average Bonchev–Trinajstić information content (AvgIpc) is 2.84. The van der Waals surface area contributed by atoms with Crippen LogP contribution in [0.15, 0.2) is 36.0 Å². The molecule has 1 aliphatic rings. The Labute approximate surface area is 125 Å². The van der Waals surface area contributed by atoms with E-state index in [1.54, 1.807) is 24.3 Å². The van der Waals surface area contributed by atoms with Gasteiger partial charge in [-0.2, -0.15) is 0 Å². The molecular formula is C14H12N2O6. The monoisotopic (exact) mass is 304 g/mol. The molecule has 8 heteroatoms. The van der Waals surface area contributed by atoms with Crippen LogP contribution in [-0.2, 0) is 35.5 Å². The van der Waals surface area contributed by atoms with Crippen molar-refractivity contribution in [3.63, 3.8) is 0 Å². The van der Waals surface area contributed by atoms with Crippen LogP contribution in [0.25, 0.3) is 0 Å². The smallest absolute Gasteiger partial charge is 0.322 e. The van der Waals surface area contributed by atoms with Crippen LogP contribution in [0.2, 0.25) is 0 Å². The van der Waals surface area contributed by atoms with Gasteiger partial charge >= 0.3 is 5.97 Å². The number of nitrogens with zero attached hydrogens (tertiary/aromatic N) is 1. The molecule has 1 aromatic rings. The van der Waals surface area contributed by atoms with Gasteiger partial charge in [-0.05, 0) is 5.56 Å². The van der Waals surface area contributed by atoms with Crippen LogP contribution in [-0.4, -0.2) is 28.8 Å². The number of carbonyl (C=O) groups is 3. The second kappa shape index (κ2) is 7.16. The number of amides is 2. The molecule has 1 aliphatic heterocycles. The minimum absolute atomic E-state index is 0.0375. The highest BCUT2D eigenvalue weighted by molar-refractivity contribution is 6.03. The summed E-state index contributed by atoms with van der Waals surface area (Å²) in [6.07, 6.45) is -0.0750. The molecule has 114 valence electrons. The van der Waals surface area contributed by atoms with Crippen LogP contribution >= 0.6 is 0 Å². The van der Waals surface area contributed by atoms with Crippen molar-refractivity contribution in [3.8, 4) is 0 Å². The molecule has 1 N–H and O–H groups in total. The van der Waals surface area contributed by atoms with E-state index >= 15 is 0 Å². The minimum Gasteiger partial charge on any atom is -0.322 e. The van der Waals surface area contributed by atoms with Crippen LogP contribution in [0.3, 0.4) is 0 Å². The summed E-state index contributed by atoms with van der Waals surface area (Å²) in [5.41, 5.74) is 2.22. The summed E-state index contributed by atoms with van der Waals surface area (Å²) >= 11 is 0. The Bertz CT molecular complexity index is 620. The molecule has 2 amide bonds. The largest absolute Gasteiger partial charge is 0.393 e. The normalized spacial score (nSPS) is 13.7. The molecule has 2 rings (SSSR count). The number of rotatable bonds is 6. The molecule has 0 saturated carbocycles. The zero-order valence-corrected chi connectivity index (χ0v) is 11.4. The van der Waals surface area contributed by atoms with Crippen molar-refractivity contribution >= 4 is 23.7 Å². The van der Waals surface area contributed by atoms with Crippen molar-refractivity contribution < 1.29 is 28.9 Å². The number of hydrogen-bond donors (Lipinski definition) is 1. The van der Waals surface area contributed by atoms with E-state index in [1.165, 1.54) is 5.94 Å². The number of benzene rings is 1. The quantitative estimate of drug-likeness (QED) is 0.342. The standard InChI is InChI=1S/C14H12N2O6/c17-8-11(15-21-9-10-4-2-1-3-5-10)14(20)22-16-12(18)6-7-13(16)19/h1-5,15H,6-7,9H2. The van der Waals surface area contributed by atoms with Gasteiger partial charge in [-0.1, -0.05) is 30.3 Å². The molecule has 0 radical (unpaired) electrons. The van der Waals surface area contributed by atoms with Gasteiger partial charge in [0.25, 0.3) is 11.8 Å². The van der Waals surface area contributed by atoms with Crippen LogP contribution in [0, 0.1) is 0 Å². The highest BCUT2D eigenvalue weighted by Crippen LogP contribution is 2.12.